The Balaban J connectivity index is 1.77. The van der Waals surface area contributed by atoms with Crippen molar-refractivity contribution in [3.63, 3.8) is 0 Å². The van der Waals surface area contributed by atoms with Crippen molar-refractivity contribution in [2.75, 3.05) is 11.9 Å². The number of hydrogen-bond acceptors (Lipinski definition) is 3. The van der Waals surface area contributed by atoms with Crippen molar-refractivity contribution >= 4 is 23.3 Å². The summed E-state index contributed by atoms with van der Waals surface area (Å²) in [5.41, 5.74) is 0.735. The van der Waals surface area contributed by atoms with Crippen LogP contribution < -0.4 is 5.32 Å². The summed E-state index contributed by atoms with van der Waals surface area (Å²) in [6, 6.07) is 0. The fraction of sp³-hybridized carbons (Fsp3) is 0.692. The van der Waals surface area contributed by atoms with E-state index in [9.17, 15) is 4.79 Å². The predicted octanol–water partition coefficient (Wildman–Crippen LogP) is 2.91. The van der Waals surface area contributed by atoms with Crippen LogP contribution in [0.4, 0.5) is 5.82 Å². The number of rotatable bonds is 4. The highest BCUT2D eigenvalue weighted by Gasteiger charge is 2.20. The first-order valence-corrected chi connectivity index (χ1v) is 7.06. The van der Waals surface area contributed by atoms with E-state index in [1.807, 2.05) is 0 Å². The summed E-state index contributed by atoms with van der Waals surface area (Å²) >= 11 is 5.97. The Bertz CT molecular complexity index is 447. The van der Waals surface area contributed by atoms with Crippen LogP contribution >= 0.6 is 11.6 Å². The molecule has 0 aromatic carbocycles. The van der Waals surface area contributed by atoms with E-state index in [1.165, 1.54) is 12.8 Å². The van der Waals surface area contributed by atoms with Crippen LogP contribution in [0.2, 0.25) is 5.02 Å². The Hall–Kier alpha value is -1.07. The van der Waals surface area contributed by atoms with E-state index in [0.29, 0.717) is 16.8 Å². The molecule has 1 heterocycles. The maximum Gasteiger partial charge on any atom is 0.251 e. The van der Waals surface area contributed by atoms with Gasteiger partial charge in [-0.15, -0.1) is 0 Å². The standard InChI is InChI=1S/C13H20ClN3O2/c1-8-4-3-5-10(6-8)19-7-11(18)15-13-12(14)9(2)16-17-13/h8,10H,3-7H2,1-2H3,(H2,15,16,17,18). The Kier molecular flexibility index (Phi) is 4.82. The number of carbonyl (C=O) groups excluding carboxylic acids is 1. The minimum atomic E-state index is -0.216. The van der Waals surface area contributed by atoms with Gasteiger partial charge in [0.25, 0.3) is 5.91 Å². The van der Waals surface area contributed by atoms with Crippen LogP contribution in [0.15, 0.2) is 0 Å². The van der Waals surface area contributed by atoms with Crippen LogP contribution in [-0.4, -0.2) is 28.8 Å². The number of nitrogens with zero attached hydrogens (tertiary/aromatic N) is 1. The molecule has 2 rings (SSSR count). The molecule has 6 heteroatoms. The Morgan fingerprint density at radius 2 is 2.37 bits per heavy atom. The van der Waals surface area contributed by atoms with Crippen molar-refractivity contribution in [1.29, 1.82) is 0 Å². The average molecular weight is 286 g/mol. The molecule has 0 aliphatic heterocycles. The van der Waals surface area contributed by atoms with Crippen molar-refractivity contribution in [2.45, 2.75) is 45.6 Å². The van der Waals surface area contributed by atoms with Crippen molar-refractivity contribution in [3.8, 4) is 0 Å². The van der Waals surface area contributed by atoms with Gasteiger partial charge < -0.3 is 10.1 Å². The van der Waals surface area contributed by atoms with Crippen LogP contribution in [0, 0.1) is 12.8 Å². The number of aromatic amines is 1. The molecule has 2 atom stereocenters. The monoisotopic (exact) mass is 285 g/mol. The van der Waals surface area contributed by atoms with E-state index in [0.717, 1.165) is 18.5 Å². The van der Waals surface area contributed by atoms with Crippen molar-refractivity contribution in [1.82, 2.24) is 10.2 Å². The second-order valence-corrected chi connectivity index (χ2v) is 5.64. The lowest BCUT2D eigenvalue weighted by Gasteiger charge is -2.26. The molecule has 5 nitrogen and oxygen atoms in total. The van der Waals surface area contributed by atoms with Crippen LogP contribution in [0.25, 0.3) is 0 Å². The van der Waals surface area contributed by atoms with Crippen LogP contribution in [0.3, 0.4) is 0 Å². The van der Waals surface area contributed by atoms with Crippen LogP contribution in [0.5, 0.6) is 0 Å². The summed E-state index contributed by atoms with van der Waals surface area (Å²) in [6.07, 6.45) is 4.72. The van der Waals surface area contributed by atoms with Gasteiger partial charge in [0.15, 0.2) is 5.82 Å². The first kappa shape index (κ1) is 14.3. The SMILES string of the molecule is Cc1[nH]nc(NC(=O)COC2CCCC(C)C2)c1Cl. The zero-order chi connectivity index (χ0) is 13.8. The number of aryl methyl sites for hydroxylation is 1. The smallest absolute Gasteiger partial charge is 0.251 e. The van der Waals surface area contributed by atoms with Crippen LogP contribution in [-0.2, 0) is 9.53 Å². The van der Waals surface area contributed by atoms with Gasteiger partial charge in [-0.25, -0.2) is 0 Å². The molecular formula is C13H20ClN3O2. The van der Waals surface area contributed by atoms with Crippen LogP contribution in [0.1, 0.15) is 38.3 Å². The molecule has 0 radical (unpaired) electrons. The molecule has 1 aliphatic carbocycles. The Morgan fingerprint density at radius 3 is 3.00 bits per heavy atom. The highest BCUT2D eigenvalue weighted by molar-refractivity contribution is 6.34. The largest absolute Gasteiger partial charge is 0.368 e. The molecule has 1 aromatic heterocycles. The lowest BCUT2D eigenvalue weighted by Crippen LogP contribution is -2.27. The van der Waals surface area contributed by atoms with E-state index in [1.54, 1.807) is 6.92 Å². The van der Waals surface area contributed by atoms with Gasteiger partial charge in [-0.05, 0) is 25.7 Å². The molecule has 106 valence electrons. The maximum absolute atomic E-state index is 11.7. The van der Waals surface area contributed by atoms with Crippen molar-refractivity contribution in [3.05, 3.63) is 10.7 Å². The number of H-pyrrole nitrogens is 1. The van der Waals surface area contributed by atoms with E-state index in [-0.39, 0.29) is 18.6 Å². The molecule has 0 saturated heterocycles. The minimum Gasteiger partial charge on any atom is -0.368 e. The number of amides is 1. The third-order valence-electron chi connectivity index (χ3n) is 3.47. The van der Waals surface area contributed by atoms with Gasteiger partial charge in [0, 0.05) is 0 Å². The topological polar surface area (TPSA) is 67.0 Å². The fourth-order valence-corrected chi connectivity index (χ4v) is 2.52. The Morgan fingerprint density at radius 1 is 1.58 bits per heavy atom. The molecule has 0 bridgehead atoms. The average Bonchev–Trinajstić information content (AvgIpc) is 2.69. The van der Waals surface area contributed by atoms with Gasteiger partial charge >= 0.3 is 0 Å². The second-order valence-electron chi connectivity index (χ2n) is 5.26. The van der Waals surface area contributed by atoms with Gasteiger partial charge in [0.05, 0.1) is 11.8 Å². The number of ether oxygens (including phenoxy) is 1. The van der Waals surface area contributed by atoms with E-state index >= 15 is 0 Å². The van der Waals surface area contributed by atoms with Gasteiger partial charge in [-0.3, -0.25) is 9.89 Å². The van der Waals surface area contributed by atoms with E-state index in [2.05, 4.69) is 22.4 Å². The lowest BCUT2D eigenvalue weighted by molar-refractivity contribution is -0.123. The summed E-state index contributed by atoms with van der Waals surface area (Å²) in [5, 5.41) is 9.72. The maximum atomic E-state index is 11.7. The summed E-state index contributed by atoms with van der Waals surface area (Å²) < 4.78 is 5.64. The first-order chi connectivity index (χ1) is 9.06. The van der Waals surface area contributed by atoms with E-state index < -0.39 is 0 Å². The number of hydrogen-bond donors (Lipinski definition) is 2. The second kappa shape index (κ2) is 6.39. The number of halogens is 1. The van der Waals surface area contributed by atoms with Crippen molar-refractivity contribution < 1.29 is 9.53 Å². The van der Waals surface area contributed by atoms with Gasteiger partial charge in [0.1, 0.15) is 11.6 Å². The highest BCUT2D eigenvalue weighted by Crippen LogP contribution is 2.26. The predicted molar refractivity (Wildman–Crippen MR) is 74.3 cm³/mol. The number of aromatic nitrogens is 2. The van der Waals surface area contributed by atoms with Gasteiger partial charge in [0.2, 0.25) is 0 Å². The summed E-state index contributed by atoms with van der Waals surface area (Å²) in [5.74, 6) is 0.835. The number of nitrogens with one attached hydrogen (secondary N) is 2. The zero-order valence-electron chi connectivity index (χ0n) is 11.3. The molecule has 0 spiro atoms. The molecule has 1 amide bonds. The van der Waals surface area contributed by atoms with Crippen molar-refractivity contribution in [2.24, 2.45) is 5.92 Å². The quantitative estimate of drug-likeness (QED) is 0.894. The molecule has 2 unspecified atom stereocenters. The minimum absolute atomic E-state index is 0.0552. The summed E-state index contributed by atoms with van der Waals surface area (Å²) in [6.45, 7) is 4.08. The third-order valence-corrected chi connectivity index (χ3v) is 3.93. The molecular weight excluding hydrogens is 266 g/mol. The third kappa shape index (κ3) is 3.94. The molecule has 1 saturated carbocycles. The molecule has 1 fully saturated rings. The number of anilines is 1. The Labute approximate surface area is 118 Å². The molecule has 1 aliphatic rings. The lowest BCUT2D eigenvalue weighted by atomic mass is 9.89. The normalized spacial score (nSPS) is 23.3. The van der Waals surface area contributed by atoms with E-state index in [4.69, 9.17) is 16.3 Å². The van der Waals surface area contributed by atoms with Gasteiger partial charge in [-0.1, -0.05) is 31.4 Å². The zero-order valence-corrected chi connectivity index (χ0v) is 12.1. The van der Waals surface area contributed by atoms with Gasteiger partial charge in [-0.2, -0.15) is 5.10 Å². The summed E-state index contributed by atoms with van der Waals surface area (Å²) in [4.78, 5) is 11.7. The molecule has 19 heavy (non-hydrogen) atoms. The highest BCUT2D eigenvalue weighted by atomic mass is 35.5. The first-order valence-electron chi connectivity index (χ1n) is 6.68. The number of carbonyl (C=O) groups is 1. The molecule has 2 N–H and O–H groups in total. The molecule has 1 aromatic rings. The fourth-order valence-electron chi connectivity index (χ4n) is 2.39. The summed E-state index contributed by atoms with van der Waals surface area (Å²) in [7, 11) is 0.